The molecule has 1 fully saturated rings. The summed E-state index contributed by atoms with van der Waals surface area (Å²) in [5.41, 5.74) is 1.84. The summed E-state index contributed by atoms with van der Waals surface area (Å²) >= 11 is 0. The van der Waals surface area contributed by atoms with Crippen molar-refractivity contribution in [2.45, 2.75) is 32.3 Å². The lowest BCUT2D eigenvalue weighted by atomic mass is 10.2. The second-order valence-electron chi connectivity index (χ2n) is 6.72. The third-order valence-corrected chi connectivity index (χ3v) is 4.62. The van der Waals surface area contributed by atoms with Crippen molar-refractivity contribution < 1.29 is 19.1 Å². The van der Waals surface area contributed by atoms with Crippen molar-refractivity contribution in [3.63, 3.8) is 0 Å². The SMILES string of the molecule is CC[C@H](Oc1ccccc1)C(=O)OCC(=O)Nc1ccc(N2CCCC2)cc1. The fraction of sp³-hybridized carbons (Fsp3) is 0.364. The minimum atomic E-state index is -0.741. The summed E-state index contributed by atoms with van der Waals surface area (Å²) in [6.07, 6.45) is 2.15. The summed E-state index contributed by atoms with van der Waals surface area (Å²) in [5.74, 6) is -0.337. The number of benzene rings is 2. The van der Waals surface area contributed by atoms with E-state index in [1.54, 1.807) is 12.1 Å². The zero-order chi connectivity index (χ0) is 19.8. The highest BCUT2D eigenvalue weighted by molar-refractivity contribution is 5.93. The first-order valence-corrected chi connectivity index (χ1v) is 9.69. The summed E-state index contributed by atoms with van der Waals surface area (Å²) < 4.78 is 10.7. The number of hydrogen-bond acceptors (Lipinski definition) is 5. The van der Waals surface area contributed by atoms with Gasteiger partial charge in [0.1, 0.15) is 5.75 Å². The van der Waals surface area contributed by atoms with Crippen LogP contribution in [-0.4, -0.2) is 37.7 Å². The number of hydrogen-bond donors (Lipinski definition) is 1. The van der Waals surface area contributed by atoms with Crippen molar-refractivity contribution in [2.75, 3.05) is 29.9 Å². The van der Waals surface area contributed by atoms with Crippen LogP contribution < -0.4 is 15.0 Å². The van der Waals surface area contributed by atoms with Crippen molar-refractivity contribution in [3.05, 3.63) is 54.6 Å². The normalized spacial score (nSPS) is 14.4. The zero-order valence-corrected chi connectivity index (χ0v) is 16.1. The fourth-order valence-electron chi connectivity index (χ4n) is 3.12. The minimum absolute atomic E-state index is 0.346. The number of anilines is 2. The van der Waals surface area contributed by atoms with Crippen LogP contribution in [0.5, 0.6) is 5.75 Å². The van der Waals surface area contributed by atoms with Crippen LogP contribution in [0, 0.1) is 0 Å². The average Bonchev–Trinajstić information content (AvgIpc) is 3.26. The third-order valence-electron chi connectivity index (χ3n) is 4.62. The van der Waals surface area contributed by atoms with Crippen molar-refractivity contribution >= 4 is 23.3 Å². The Balaban J connectivity index is 1.45. The molecular weight excluding hydrogens is 356 g/mol. The van der Waals surface area contributed by atoms with E-state index in [0.29, 0.717) is 17.9 Å². The van der Waals surface area contributed by atoms with Crippen LogP contribution >= 0.6 is 0 Å². The molecule has 0 radical (unpaired) electrons. The van der Waals surface area contributed by atoms with E-state index in [9.17, 15) is 9.59 Å². The third kappa shape index (κ3) is 5.49. The first kappa shape index (κ1) is 19.7. The van der Waals surface area contributed by atoms with Gasteiger partial charge >= 0.3 is 5.97 Å². The molecule has 1 amide bonds. The molecular formula is C22H26N2O4. The molecule has 28 heavy (non-hydrogen) atoms. The fourth-order valence-corrected chi connectivity index (χ4v) is 3.12. The van der Waals surface area contributed by atoms with E-state index in [-0.39, 0.29) is 12.5 Å². The molecule has 2 aromatic rings. The Morgan fingerprint density at radius 2 is 1.71 bits per heavy atom. The number of nitrogens with zero attached hydrogens (tertiary/aromatic N) is 1. The van der Waals surface area contributed by atoms with Gasteiger partial charge in [-0.05, 0) is 55.7 Å². The predicted molar refractivity (Wildman–Crippen MR) is 109 cm³/mol. The lowest BCUT2D eigenvalue weighted by Gasteiger charge is -2.18. The van der Waals surface area contributed by atoms with Gasteiger partial charge < -0.3 is 19.7 Å². The Morgan fingerprint density at radius 3 is 2.36 bits per heavy atom. The van der Waals surface area contributed by atoms with Gasteiger partial charge in [0.2, 0.25) is 0 Å². The smallest absolute Gasteiger partial charge is 0.347 e. The quantitative estimate of drug-likeness (QED) is 0.706. The molecule has 3 rings (SSSR count). The highest BCUT2D eigenvalue weighted by atomic mass is 16.6. The molecule has 1 N–H and O–H groups in total. The summed E-state index contributed by atoms with van der Waals surface area (Å²) in [6.45, 7) is 3.63. The van der Waals surface area contributed by atoms with Crippen LogP contribution in [0.3, 0.4) is 0 Å². The van der Waals surface area contributed by atoms with E-state index in [1.807, 2.05) is 49.4 Å². The topological polar surface area (TPSA) is 67.9 Å². The molecule has 6 nitrogen and oxygen atoms in total. The average molecular weight is 382 g/mol. The van der Waals surface area contributed by atoms with Gasteiger partial charge in [-0.3, -0.25) is 4.79 Å². The Labute approximate surface area is 165 Å². The van der Waals surface area contributed by atoms with E-state index in [0.717, 1.165) is 18.8 Å². The van der Waals surface area contributed by atoms with Gasteiger partial charge in [-0.25, -0.2) is 4.79 Å². The second-order valence-corrected chi connectivity index (χ2v) is 6.72. The van der Waals surface area contributed by atoms with E-state index < -0.39 is 12.1 Å². The number of nitrogens with one attached hydrogen (secondary N) is 1. The number of ether oxygens (including phenoxy) is 2. The van der Waals surface area contributed by atoms with Gasteiger partial charge in [-0.15, -0.1) is 0 Å². The first-order valence-electron chi connectivity index (χ1n) is 9.69. The molecule has 0 aliphatic carbocycles. The van der Waals surface area contributed by atoms with Crippen molar-refractivity contribution in [2.24, 2.45) is 0 Å². The van der Waals surface area contributed by atoms with Crippen molar-refractivity contribution in [1.82, 2.24) is 0 Å². The molecule has 0 unspecified atom stereocenters. The Kier molecular flexibility index (Phi) is 6.89. The van der Waals surface area contributed by atoms with Gasteiger partial charge in [0, 0.05) is 24.5 Å². The van der Waals surface area contributed by atoms with Crippen LogP contribution in [0.2, 0.25) is 0 Å². The number of carbonyl (C=O) groups excluding carboxylic acids is 2. The summed E-state index contributed by atoms with van der Waals surface area (Å²) in [4.78, 5) is 26.6. The molecule has 1 aliphatic heterocycles. The van der Waals surface area contributed by atoms with Crippen molar-refractivity contribution in [3.8, 4) is 5.75 Å². The molecule has 2 aromatic carbocycles. The number of carbonyl (C=O) groups is 2. The molecule has 1 saturated heterocycles. The van der Waals surface area contributed by atoms with Gasteiger partial charge in [0.15, 0.2) is 12.7 Å². The molecule has 0 spiro atoms. The van der Waals surface area contributed by atoms with E-state index in [4.69, 9.17) is 9.47 Å². The standard InChI is InChI=1S/C22H26N2O4/c1-2-20(28-19-8-4-3-5-9-19)22(26)27-16-21(25)23-17-10-12-18(13-11-17)24-14-6-7-15-24/h3-5,8-13,20H,2,6-7,14-16H2,1H3,(H,23,25)/t20-/m0/s1. The van der Waals surface area contributed by atoms with Gasteiger partial charge in [-0.1, -0.05) is 25.1 Å². The molecule has 6 heteroatoms. The van der Waals surface area contributed by atoms with Gasteiger partial charge in [0.05, 0.1) is 0 Å². The summed E-state index contributed by atoms with van der Waals surface area (Å²) in [6, 6.07) is 16.8. The Bertz CT molecular complexity index is 771. The van der Waals surface area contributed by atoms with Crippen LogP contribution in [0.25, 0.3) is 0 Å². The number of esters is 1. The van der Waals surface area contributed by atoms with Crippen LogP contribution in [0.1, 0.15) is 26.2 Å². The van der Waals surface area contributed by atoms with E-state index in [1.165, 1.54) is 12.8 Å². The molecule has 1 atom stereocenters. The maximum absolute atomic E-state index is 12.2. The first-order chi connectivity index (χ1) is 13.7. The minimum Gasteiger partial charge on any atom is -0.479 e. The lowest BCUT2D eigenvalue weighted by molar-refractivity contribution is -0.154. The number of rotatable bonds is 8. The molecule has 1 aliphatic rings. The highest BCUT2D eigenvalue weighted by Crippen LogP contribution is 2.22. The van der Waals surface area contributed by atoms with E-state index >= 15 is 0 Å². The van der Waals surface area contributed by atoms with Gasteiger partial charge in [0.25, 0.3) is 5.91 Å². The maximum Gasteiger partial charge on any atom is 0.347 e. The largest absolute Gasteiger partial charge is 0.479 e. The van der Waals surface area contributed by atoms with Crippen molar-refractivity contribution in [1.29, 1.82) is 0 Å². The van der Waals surface area contributed by atoms with E-state index in [2.05, 4.69) is 10.2 Å². The number of amides is 1. The predicted octanol–water partition coefficient (Wildman–Crippen LogP) is 3.63. The zero-order valence-electron chi connectivity index (χ0n) is 16.1. The maximum atomic E-state index is 12.2. The molecule has 0 bridgehead atoms. The van der Waals surface area contributed by atoms with Crippen LogP contribution in [0.4, 0.5) is 11.4 Å². The molecule has 1 heterocycles. The second kappa shape index (κ2) is 9.78. The Morgan fingerprint density at radius 1 is 1.04 bits per heavy atom. The number of para-hydroxylation sites is 1. The molecule has 0 aromatic heterocycles. The Hall–Kier alpha value is -3.02. The van der Waals surface area contributed by atoms with Gasteiger partial charge in [-0.2, -0.15) is 0 Å². The summed E-state index contributed by atoms with van der Waals surface area (Å²) in [7, 11) is 0. The monoisotopic (exact) mass is 382 g/mol. The van der Waals surface area contributed by atoms with Crippen LogP contribution in [0.15, 0.2) is 54.6 Å². The van der Waals surface area contributed by atoms with Crippen LogP contribution in [-0.2, 0) is 14.3 Å². The highest BCUT2D eigenvalue weighted by Gasteiger charge is 2.21. The summed E-state index contributed by atoms with van der Waals surface area (Å²) in [5, 5.41) is 2.75. The molecule has 0 saturated carbocycles. The lowest BCUT2D eigenvalue weighted by Crippen LogP contribution is -2.31. The molecule has 148 valence electrons.